The van der Waals surface area contributed by atoms with Crippen molar-refractivity contribution < 1.29 is 17.9 Å². The lowest BCUT2D eigenvalue weighted by atomic mass is 9.94. The van der Waals surface area contributed by atoms with Crippen molar-refractivity contribution in [3.63, 3.8) is 0 Å². The Morgan fingerprint density at radius 3 is 2.58 bits per heavy atom. The molecule has 1 N–H and O–H groups in total. The predicted molar refractivity (Wildman–Crippen MR) is 121 cm³/mol. The number of ether oxygens (including phenoxy) is 1. The van der Waals surface area contributed by atoms with Gasteiger partial charge < -0.3 is 4.74 Å². The van der Waals surface area contributed by atoms with Gasteiger partial charge in [0.15, 0.2) is 5.13 Å². The fourth-order valence-electron chi connectivity index (χ4n) is 4.54. The first-order chi connectivity index (χ1) is 14.8. The van der Waals surface area contributed by atoms with Gasteiger partial charge in [-0.2, -0.15) is 4.31 Å². The molecule has 0 saturated carbocycles. The summed E-state index contributed by atoms with van der Waals surface area (Å²) in [6.45, 7) is 5.06. The van der Waals surface area contributed by atoms with E-state index in [-0.39, 0.29) is 34.0 Å². The van der Waals surface area contributed by atoms with Crippen LogP contribution in [0.5, 0.6) is 5.75 Å². The number of carbonyl (C=O) groups is 1. The zero-order valence-electron chi connectivity index (χ0n) is 18.2. The van der Waals surface area contributed by atoms with E-state index in [0.717, 1.165) is 37.8 Å². The number of aryl methyl sites for hydroxylation is 2. The molecule has 1 amide bonds. The summed E-state index contributed by atoms with van der Waals surface area (Å²) in [5.74, 6) is 0.441. The highest BCUT2D eigenvalue weighted by Gasteiger charge is 2.34. The highest BCUT2D eigenvalue weighted by Crippen LogP contribution is 2.33. The minimum Gasteiger partial charge on any atom is -0.495 e. The molecule has 1 fully saturated rings. The fourth-order valence-corrected chi connectivity index (χ4v) is 7.44. The number of carbonyl (C=O) groups excluding carboxylic acids is 1. The Morgan fingerprint density at radius 2 is 1.90 bits per heavy atom. The number of anilines is 1. The average molecular weight is 464 g/mol. The summed E-state index contributed by atoms with van der Waals surface area (Å²) in [5.41, 5.74) is 1.34. The Kier molecular flexibility index (Phi) is 6.37. The molecule has 0 spiro atoms. The SMILES string of the molecule is COc1ccc(C(=O)Nc2nc3c(s2)CCCC3)cc1S(=O)(=O)N1C[C@H](C)C[C@H](C)C1. The van der Waals surface area contributed by atoms with Gasteiger partial charge in [0.2, 0.25) is 10.0 Å². The van der Waals surface area contributed by atoms with Gasteiger partial charge in [-0.1, -0.05) is 13.8 Å². The minimum atomic E-state index is -3.79. The third-order valence-electron chi connectivity index (χ3n) is 5.95. The highest BCUT2D eigenvalue weighted by atomic mass is 32.2. The highest BCUT2D eigenvalue weighted by molar-refractivity contribution is 7.89. The first-order valence-electron chi connectivity index (χ1n) is 10.8. The van der Waals surface area contributed by atoms with E-state index >= 15 is 0 Å². The number of fused-ring (bicyclic) bond motifs is 1. The molecule has 2 aliphatic rings. The van der Waals surface area contributed by atoms with Crippen LogP contribution in [0.4, 0.5) is 5.13 Å². The fraction of sp³-hybridized carbons (Fsp3) is 0.545. The molecule has 1 aromatic carbocycles. The van der Waals surface area contributed by atoms with Crippen LogP contribution in [0, 0.1) is 11.8 Å². The Morgan fingerprint density at radius 1 is 1.19 bits per heavy atom. The Labute approximate surface area is 187 Å². The molecule has 0 radical (unpaired) electrons. The van der Waals surface area contributed by atoms with Gasteiger partial charge in [-0.15, -0.1) is 11.3 Å². The summed E-state index contributed by atoms with van der Waals surface area (Å²) in [4.78, 5) is 18.7. The van der Waals surface area contributed by atoms with Gasteiger partial charge in [0.1, 0.15) is 10.6 Å². The van der Waals surface area contributed by atoms with Crippen LogP contribution in [0.2, 0.25) is 0 Å². The number of sulfonamides is 1. The monoisotopic (exact) mass is 463 g/mol. The van der Waals surface area contributed by atoms with E-state index in [0.29, 0.717) is 18.2 Å². The molecule has 1 aliphatic carbocycles. The van der Waals surface area contributed by atoms with E-state index < -0.39 is 10.0 Å². The maximum Gasteiger partial charge on any atom is 0.257 e. The van der Waals surface area contributed by atoms with Crippen molar-refractivity contribution in [3.8, 4) is 5.75 Å². The van der Waals surface area contributed by atoms with E-state index in [1.165, 1.54) is 33.7 Å². The molecule has 0 unspecified atom stereocenters. The van der Waals surface area contributed by atoms with Crippen molar-refractivity contribution >= 4 is 32.4 Å². The molecule has 1 aromatic heterocycles. The summed E-state index contributed by atoms with van der Waals surface area (Å²) in [7, 11) is -2.35. The summed E-state index contributed by atoms with van der Waals surface area (Å²) in [6, 6.07) is 4.55. The maximum atomic E-state index is 13.4. The normalized spacial score (nSPS) is 22.0. The second-order valence-corrected chi connectivity index (χ2v) is 11.7. The van der Waals surface area contributed by atoms with Gasteiger partial charge in [0.05, 0.1) is 12.8 Å². The Balaban J connectivity index is 1.61. The van der Waals surface area contributed by atoms with E-state index in [1.54, 1.807) is 12.1 Å². The average Bonchev–Trinajstić information content (AvgIpc) is 3.14. The van der Waals surface area contributed by atoms with Crippen LogP contribution in [-0.2, 0) is 22.9 Å². The van der Waals surface area contributed by atoms with Gasteiger partial charge in [-0.05, 0) is 62.1 Å². The molecule has 31 heavy (non-hydrogen) atoms. The summed E-state index contributed by atoms with van der Waals surface area (Å²) in [6.07, 6.45) is 5.22. The quantitative estimate of drug-likeness (QED) is 0.725. The zero-order valence-corrected chi connectivity index (χ0v) is 19.8. The van der Waals surface area contributed by atoms with Crippen LogP contribution in [0.3, 0.4) is 0 Å². The van der Waals surface area contributed by atoms with Crippen LogP contribution in [0.1, 0.15) is 54.0 Å². The van der Waals surface area contributed by atoms with Gasteiger partial charge in [-0.25, -0.2) is 13.4 Å². The van der Waals surface area contributed by atoms with Crippen molar-refractivity contribution in [1.29, 1.82) is 0 Å². The standard InChI is InChI=1S/C22H29N3O4S2/c1-14-10-15(2)13-25(12-14)31(27,28)20-11-16(8-9-18(20)29-3)21(26)24-22-23-17-6-4-5-7-19(17)30-22/h8-9,11,14-15H,4-7,10,12-13H2,1-3H3,(H,23,24,26)/t14-,15+. The van der Waals surface area contributed by atoms with Crippen molar-refractivity contribution in [2.75, 3.05) is 25.5 Å². The number of nitrogens with zero attached hydrogens (tertiary/aromatic N) is 2. The molecular formula is C22H29N3O4S2. The Hall–Kier alpha value is -1.97. The second-order valence-electron chi connectivity index (χ2n) is 8.68. The van der Waals surface area contributed by atoms with Crippen LogP contribution in [0.25, 0.3) is 0 Å². The van der Waals surface area contributed by atoms with Crippen LogP contribution in [-0.4, -0.2) is 43.8 Å². The predicted octanol–water partition coefficient (Wildman–Crippen LogP) is 3.95. The molecule has 9 heteroatoms. The lowest BCUT2D eigenvalue weighted by molar-refractivity contribution is 0.102. The summed E-state index contributed by atoms with van der Waals surface area (Å²) < 4.78 is 33.7. The van der Waals surface area contributed by atoms with Crippen molar-refractivity contribution in [2.24, 2.45) is 11.8 Å². The van der Waals surface area contributed by atoms with Crippen LogP contribution in [0.15, 0.2) is 23.1 Å². The van der Waals surface area contributed by atoms with Gasteiger partial charge in [0, 0.05) is 23.5 Å². The molecular weight excluding hydrogens is 434 g/mol. The third-order valence-corrected chi connectivity index (χ3v) is 8.87. The van der Waals surface area contributed by atoms with Crippen molar-refractivity contribution in [1.82, 2.24) is 9.29 Å². The number of hydrogen-bond acceptors (Lipinski definition) is 6. The summed E-state index contributed by atoms with van der Waals surface area (Å²) in [5, 5.41) is 3.41. The number of thiazole rings is 1. The van der Waals surface area contributed by atoms with Crippen molar-refractivity contribution in [2.45, 2.75) is 50.8 Å². The smallest absolute Gasteiger partial charge is 0.257 e. The maximum absolute atomic E-state index is 13.4. The van der Waals surface area contributed by atoms with E-state index in [1.807, 2.05) is 0 Å². The van der Waals surface area contributed by atoms with E-state index in [2.05, 4.69) is 24.1 Å². The minimum absolute atomic E-state index is 0.0300. The van der Waals surface area contributed by atoms with E-state index in [9.17, 15) is 13.2 Å². The van der Waals surface area contributed by atoms with E-state index in [4.69, 9.17) is 4.74 Å². The molecule has 168 valence electrons. The Bertz CT molecular complexity index is 1050. The molecule has 1 aliphatic heterocycles. The van der Waals surface area contributed by atoms with Crippen molar-refractivity contribution in [3.05, 3.63) is 34.3 Å². The largest absolute Gasteiger partial charge is 0.495 e. The van der Waals surface area contributed by atoms with Gasteiger partial charge in [0.25, 0.3) is 5.91 Å². The number of nitrogens with one attached hydrogen (secondary N) is 1. The lowest BCUT2D eigenvalue weighted by Gasteiger charge is -2.34. The number of benzene rings is 1. The number of amides is 1. The molecule has 2 aromatic rings. The number of aromatic nitrogens is 1. The number of rotatable bonds is 5. The number of methoxy groups -OCH3 is 1. The molecule has 0 bridgehead atoms. The molecule has 7 nitrogen and oxygen atoms in total. The number of piperidine rings is 1. The van der Waals surface area contributed by atoms with Crippen LogP contribution >= 0.6 is 11.3 Å². The summed E-state index contributed by atoms with van der Waals surface area (Å²) >= 11 is 1.50. The lowest BCUT2D eigenvalue weighted by Crippen LogP contribution is -2.42. The molecule has 1 saturated heterocycles. The molecule has 2 atom stereocenters. The van der Waals surface area contributed by atoms with Crippen LogP contribution < -0.4 is 10.1 Å². The third kappa shape index (κ3) is 4.63. The topological polar surface area (TPSA) is 88.6 Å². The first kappa shape index (κ1) is 22.2. The first-order valence-corrected chi connectivity index (χ1v) is 13.0. The zero-order chi connectivity index (χ0) is 22.2. The molecule has 4 rings (SSSR count). The molecule has 2 heterocycles. The number of hydrogen-bond donors (Lipinski definition) is 1. The van der Waals surface area contributed by atoms with Gasteiger partial charge in [-0.3, -0.25) is 10.1 Å². The van der Waals surface area contributed by atoms with Gasteiger partial charge >= 0.3 is 0 Å². The second kappa shape index (κ2) is 8.88.